The maximum absolute atomic E-state index is 12.2. The third kappa shape index (κ3) is 4.72. The highest BCUT2D eigenvalue weighted by atomic mass is 16.4. The van der Waals surface area contributed by atoms with E-state index in [4.69, 9.17) is 0 Å². The SMILES string of the molecule is CC(=O)NC(C(=O)NCC1(C(=O)O)CCCCC1)C(C)C. The van der Waals surface area contributed by atoms with Crippen molar-refractivity contribution in [2.75, 3.05) is 6.54 Å². The highest BCUT2D eigenvalue weighted by molar-refractivity contribution is 5.87. The molecule has 0 aromatic carbocycles. The van der Waals surface area contributed by atoms with Crippen LogP contribution in [0.5, 0.6) is 0 Å². The van der Waals surface area contributed by atoms with Crippen molar-refractivity contribution in [2.24, 2.45) is 11.3 Å². The molecule has 0 saturated heterocycles. The van der Waals surface area contributed by atoms with E-state index in [1.54, 1.807) is 0 Å². The van der Waals surface area contributed by atoms with E-state index in [9.17, 15) is 19.5 Å². The van der Waals surface area contributed by atoms with Gasteiger partial charge in [-0.15, -0.1) is 0 Å². The molecule has 1 rings (SSSR count). The van der Waals surface area contributed by atoms with E-state index < -0.39 is 17.4 Å². The second kappa shape index (κ2) is 7.43. The molecule has 1 aliphatic rings. The Balaban J connectivity index is 2.67. The molecule has 1 unspecified atom stereocenters. The van der Waals surface area contributed by atoms with Crippen LogP contribution in [-0.4, -0.2) is 35.5 Å². The Hall–Kier alpha value is -1.59. The normalized spacial score (nSPS) is 18.9. The average molecular weight is 298 g/mol. The van der Waals surface area contributed by atoms with Crippen LogP contribution in [0.3, 0.4) is 0 Å². The van der Waals surface area contributed by atoms with Gasteiger partial charge in [0.15, 0.2) is 0 Å². The van der Waals surface area contributed by atoms with Gasteiger partial charge in [0.05, 0.1) is 5.41 Å². The fourth-order valence-electron chi connectivity index (χ4n) is 2.82. The summed E-state index contributed by atoms with van der Waals surface area (Å²) in [5.41, 5.74) is -0.855. The summed E-state index contributed by atoms with van der Waals surface area (Å²) in [6.45, 7) is 5.17. The summed E-state index contributed by atoms with van der Waals surface area (Å²) in [4.78, 5) is 34.9. The number of carboxylic acid groups (broad SMARTS) is 1. The van der Waals surface area contributed by atoms with Crippen molar-refractivity contribution in [3.8, 4) is 0 Å². The molecular weight excluding hydrogens is 272 g/mol. The van der Waals surface area contributed by atoms with E-state index in [0.29, 0.717) is 12.8 Å². The molecule has 6 heteroatoms. The Kier molecular flexibility index (Phi) is 6.18. The van der Waals surface area contributed by atoms with Gasteiger partial charge in [0.2, 0.25) is 11.8 Å². The molecule has 0 aromatic rings. The van der Waals surface area contributed by atoms with E-state index in [-0.39, 0.29) is 24.3 Å². The number of rotatable bonds is 6. The van der Waals surface area contributed by atoms with Gasteiger partial charge in [0.1, 0.15) is 6.04 Å². The Bertz CT molecular complexity index is 400. The summed E-state index contributed by atoms with van der Waals surface area (Å²) >= 11 is 0. The maximum atomic E-state index is 12.2. The molecule has 0 radical (unpaired) electrons. The third-order valence-corrected chi connectivity index (χ3v) is 4.17. The van der Waals surface area contributed by atoms with Crippen molar-refractivity contribution in [1.29, 1.82) is 0 Å². The largest absolute Gasteiger partial charge is 0.481 e. The van der Waals surface area contributed by atoms with Gasteiger partial charge in [-0.2, -0.15) is 0 Å². The van der Waals surface area contributed by atoms with E-state index in [0.717, 1.165) is 19.3 Å². The first kappa shape index (κ1) is 17.5. The Morgan fingerprint density at radius 1 is 1.14 bits per heavy atom. The maximum Gasteiger partial charge on any atom is 0.311 e. The van der Waals surface area contributed by atoms with E-state index >= 15 is 0 Å². The minimum absolute atomic E-state index is 0.0546. The van der Waals surface area contributed by atoms with Crippen molar-refractivity contribution in [3.63, 3.8) is 0 Å². The zero-order valence-electron chi connectivity index (χ0n) is 13.1. The van der Waals surface area contributed by atoms with Crippen LogP contribution >= 0.6 is 0 Å². The van der Waals surface area contributed by atoms with Crippen LogP contribution in [0.25, 0.3) is 0 Å². The van der Waals surface area contributed by atoms with Crippen LogP contribution in [0.15, 0.2) is 0 Å². The molecule has 2 amide bonds. The molecule has 1 aliphatic carbocycles. The minimum atomic E-state index is -0.855. The minimum Gasteiger partial charge on any atom is -0.481 e. The van der Waals surface area contributed by atoms with Crippen LogP contribution in [-0.2, 0) is 14.4 Å². The molecular formula is C15H26N2O4. The molecule has 0 bridgehead atoms. The number of carbonyl (C=O) groups excluding carboxylic acids is 2. The predicted octanol–water partition coefficient (Wildman–Crippen LogP) is 1.30. The molecule has 21 heavy (non-hydrogen) atoms. The lowest BCUT2D eigenvalue weighted by atomic mass is 9.74. The standard InChI is InChI=1S/C15H26N2O4/c1-10(2)12(17-11(3)18)13(19)16-9-15(14(20)21)7-5-4-6-8-15/h10,12H,4-9H2,1-3H3,(H,16,19)(H,17,18)(H,20,21). The van der Waals surface area contributed by atoms with Crippen LogP contribution in [0.4, 0.5) is 0 Å². The molecule has 1 atom stereocenters. The van der Waals surface area contributed by atoms with Crippen LogP contribution < -0.4 is 10.6 Å². The highest BCUT2D eigenvalue weighted by Gasteiger charge is 2.40. The van der Waals surface area contributed by atoms with Crippen LogP contribution in [0, 0.1) is 11.3 Å². The van der Waals surface area contributed by atoms with Crippen molar-refractivity contribution in [1.82, 2.24) is 10.6 Å². The van der Waals surface area contributed by atoms with Gasteiger partial charge in [-0.05, 0) is 18.8 Å². The number of hydrogen-bond acceptors (Lipinski definition) is 3. The summed E-state index contributed by atoms with van der Waals surface area (Å²) in [5.74, 6) is -1.48. The van der Waals surface area contributed by atoms with E-state index in [1.165, 1.54) is 6.92 Å². The van der Waals surface area contributed by atoms with Gasteiger partial charge >= 0.3 is 5.97 Å². The van der Waals surface area contributed by atoms with E-state index in [2.05, 4.69) is 10.6 Å². The lowest BCUT2D eigenvalue weighted by molar-refractivity contribution is -0.151. The quantitative estimate of drug-likeness (QED) is 0.688. The topological polar surface area (TPSA) is 95.5 Å². The number of hydrogen-bond donors (Lipinski definition) is 3. The molecule has 1 fully saturated rings. The molecule has 0 heterocycles. The zero-order chi connectivity index (χ0) is 16.0. The van der Waals surface area contributed by atoms with E-state index in [1.807, 2.05) is 13.8 Å². The first-order valence-electron chi connectivity index (χ1n) is 7.57. The van der Waals surface area contributed by atoms with Crippen LogP contribution in [0.1, 0.15) is 52.9 Å². The second-order valence-corrected chi connectivity index (χ2v) is 6.29. The Morgan fingerprint density at radius 2 is 1.71 bits per heavy atom. The fourth-order valence-corrected chi connectivity index (χ4v) is 2.82. The van der Waals surface area contributed by atoms with Gasteiger partial charge in [0.25, 0.3) is 0 Å². The number of carbonyl (C=O) groups is 3. The Morgan fingerprint density at radius 3 is 2.14 bits per heavy atom. The third-order valence-electron chi connectivity index (χ3n) is 4.17. The molecule has 6 nitrogen and oxygen atoms in total. The van der Waals surface area contributed by atoms with Gasteiger partial charge in [-0.3, -0.25) is 14.4 Å². The smallest absolute Gasteiger partial charge is 0.311 e. The molecule has 0 aromatic heterocycles. The van der Waals surface area contributed by atoms with Gasteiger partial charge in [-0.1, -0.05) is 33.1 Å². The van der Waals surface area contributed by atoms with Gasteiger partial charge in [-0.25, -0.2) is 0 Å². The molecule has 3 N–H and O–H groups in total. The molecule has 120 valence electrons. The number of amides is 2. The van der Waals surface area contributed by atoms with Crippen molar-refractivity contribution in [2.45, 2.75) is 58.9 Å². The van der Waals surface area contributed by atoms with Crippen LogP contribution in [0.2, 0.25) is 0 Å². The lowest BCUT2D eigenvalue weighted by Gasteiger charge is -2.34. The number of nitrogens with one attached hydrogen (secondary N) is 2. The summed E-state index contributed by atoms with van der Waals surface area (Å²) < 4.78 is 0. The predicted molar refractivity (Wildman–Crippen MR) is 78.6 cm³/mol. The summed E-state index contributed by atoms with van der Waals surface area (Å²) in [6.07, 6.45) is 3.98. The summed E-state index contributed by atoms with van der Waals surface area (Å²) in [6, 6.07) is -0.628. The van der Waals surface area contributed by atoms with Crippen molar-refractivity contribution >= 4 is 17.8 Å². The monoisotopic (exact) mass is 298 g/mol. The number of aliphatic carboxylic acids is 1. The fraction of sp³-hybridized carbons (Fsp3) is 0.800. The lowest BCUT2D eigenvalue weighted by Crippen LogP contribution is -2.52. The molecule has 0 aliphatic heterocycles. The Labute approximate surface area is 125 Å². The van der Waals surface area contributed by atoms with Gasteiger partial charge < -0.3 is 15.7 Å². The first-order chi connectivity index (χ1) is 9.78. The highest BCUT2D eigenvalue weighted by Crippen LogP contribution is 2.36. The molecule has 0 spiro atoms. The zero-order valence-corrected chi connectivity index (χ0v) is 13.1. The summed E-state index contributed by atoms with van der Waals surface area (Å²) in [5, 5.41) is 14.8. The second-order valence-electron chi connectivity index (χ2n) is 6.29. The average Bonchev–Trinajstić information content (AvgIpc) is 2.42. The van der Waals surface area contributed by atoms with Crippen molar-refractivity contribution < 1.29 is 19.5 Å². The molecule has 1 saturated carbocycles. The van der Waals surface area contributed by atoms with Crippen molar-refractivity contribution in [3.05, 3.63) is 0 Å². The van der Waals surface area contributed by atoms with Gasteiger partial charge in [0, 0.05) is 13.5 Å². The summed E-state index contributed by atoms with van der Waals surface area (Å²) in [7, 11) is 0. The number of carboxylic acids is 1. The first-order valence-corrected chi connectivity index (χ1v) is 7.57.